The third-order valence-electron chi connectivity index (χ3n) is 3.66. The van der Waals surface area contributed by atoms with E-state index in [1.54, 1.807) is 0 Å². The first-order valence-corrected chi connectivity index (χ1v) is 6.15. The van der Waals surface area contributed by atoms with Crippen LogP contribution in [0.5, 0.6) is 0 Å². The molecule has 4 N–H and O–H groups in total. The lowest BCUT2D eigenvalue weighted by Crippen LogP contribution is -2.37. The smallest absolute Gasteiger partial charge is 0.223 e. The number of nitrogens with two attached hydrogens (primary N) is 2. The Balaban J connectivity index is 2.56. The standard InChI is InChI=1S/C12H22N2O2/c13-10(15)6-5-9-12(11(14)16)7-3-1-2-4-8-12/h1-9H2,(H2,13,15)(H2,14,16). The molecule has 16 heavy (non-hydrogen) atoms. The summed E-state index contributed by atoms with van der Waals surface area (Å²) in [6.07, 6.45) is 8.01. The fourth-order valence-corrected chi connectivity index (χ4v) is 2.63. The van der Waals surface area contributed by atoms with Crippen LogP contribution in [-0.2, 0) is 9.59 Å². The van der Waals surface area contributed by atoms with Gasteiger partial charge in [0, 0.05) is 11.8 Å². The van der Waals surface area contributed by atoms with Crippen LogP contribution >= 0.6 is 0 Å². The summed E-state index contributed by atoms with van der Waals surface area (Å²) < 4.78 is 0. The van der Waals surface area contributed by atoms with E-state index in [9.17, 15) is 9.59 Å². The number of primary amides is 2. The van der Waals surface area contributed by atoms with Gasteiger partial charge in [-0.25, -0.2) is 0 Å². The molecule has 0 aliphatic heterocycles. The van der Waals surface area contributed by atoms with E-state index in [0.717, 1.165) is 25.7 Å². The molecule has 0 aromatic heterocycles. The molecule has 0 bridgehead atoms. The summed E-state index contributed by atoms with van der Waals surface area (Å²) in [5.41, 5.74) is 10.3. The van der Waals surface area contributed by atoms with Crippen molar-refractivity contribution < 1.29 is 9.59 Å². The molecule has 0 spiro atoms. The maximum atomic E-state index is 11.6. The summed E-state index contributed by atoms with van der Waals surface area (Å²) >= 11 is 0. The molecule has 0 aromatic carbocycles. The zero-order valence-corrected chi connectivity index (χ0v) is 9.84. The monoisotopic (exact) mass is 226 g/mol. The lowest BCUT2D eigenvalue weighted by molar-refractivity contribution is -0.129. The van der Waals surface area contributed by atoms with Crippen molar-refractivity contribution in [1.29, 1.82) is 0 Å². The van der Waals surface area contributed by atoms with Gasteiger partial charge in [-0.1, -0.05) is 25.7 Å². The van der Waals surface area contributed by atoms with Crippen LogP contribution in [0.3, 0.4) is 0 Å². The molecule has 0 saturated heterocycles. The van der Waals surface area contributed by atoms with Crippen molar-refractivity contribution in [1.82, 2.24) is 0 Å². The van der Waals surface area contributed by atoms with Gasteiger partial charge in [0.05, 0.1) is 0 Å². The largest absolute Gasteiger partial charge is 0.370 e. The fraction of sp³-hybridized carbons (Fsp3) is 0.833. The van der Waals surface area contributed by atoms with Gasteiger partial charge < -0.3 is 11.5 Å². The molecule has 1 aliphatic carbocycles. The first kappa shape index (κ1) is 13.0. The summed E-state index contributed by atoms with van der Waals surface area (Å²) in [5, 5.41) is 0. The highest BCUT2D eigenvalue weighted by atomic mass is 16.1. The minimum Gasteiger partial charge on any atom is -0.370 e. The predicted octanol–water partition coefficient (Wildman–Crippen LogP) is 1.47. The fourth-order valence-electron chi connectivity index (χ4n) is 2.63. The summed E-state index contributed by atoms with van der Waals surface area (Å²) in [5.74, 6) is -0.493. The molecule has 4 heteroatoms. The van der Waals surface area contributed by atoms with Crippen LogP contribution in [0.25, 0.3) is 0 Å². The average molecular weight is 226 g/mol. The second-order valence-electron chi connectivity index (χ2n) is 4.88. The molecular formula is C12H22N2O2. The zero-order chi connectivity index (χ0) is 12.0. The SMILES string of the molecule is NC(=O)CCCC1(C(N)=O)CCCCCC1. The topological polar surface area (TPSA) is 86.2 Å². The molecule has 1 fully saturated rings. The van der Waals surface area contributed by atoms with Gasteiger partial charge in [-0.05, 0) is 25.7 Å². The predicted molar refractivity (Wildman–Crippen MR) is 62.4 cm³/mol. The maximum Gasteiger partial charge on any atom is 0.223 e. The third kappa shape index (κ3) is 3.51. The Morgan fingerprint density at radius 1 is 1.00 bits per heavy atom. The van der Waals surface area contributed by atoms with Crippen LogP contribution in [0.2, 0.25) is 0 Å². The van der Waals surface area contributed by atoms with Gasteiger partial charge in [0.2, 0.25) is 11.8 Å². The van der Waals surface area contributed by atoms with E-state index in [4.69, 9.17) is 11.5 Å². The Hall–Kier alpha value is -1.06. The van der Waals surface area contributed by atoms with Crippen LogP contribution < -0.4 is 11.5 Å². The van der Waals surface area contributed by atoms with Crippen LogP contribution in [-0.4, -0.2) is 11.8 Å². The zero-order valence-electron chi connectivity index (χ0n) is 9.84. The summed E-state index contributed by atoms with van der Waals surface area (Å²) in [6.45, 7) is 0. The van der Waals surface area contributed by atoms with Crippen molar-refractivity contribution in [2.24, 2.45) is 16.9 Å². The molecule has 1 aliphatic rings. The second kappa shape index (κ2) is 5.87. The quantitative estimate of drug-likeness (QED) is 0.695. The van der Waals surface area contributed by atoms with Crippen molar-refractivity contribution in [3.8, 4) is 0 Å². The summed E-state index contributed by atoms with van der Waals surface area (Å²) in [7, 11) is 0. The first-order valence-electron chi connectivity index (χ1n) is 6.15. The third-order valence-corrected chi connectivity index (χ3v) is 3.66. The van der Waals surface area contributed by atoms with Gasteiger partial charge in [-0.15, -0.1) is 0 Å². The number of amides is 2. The molecule has 0 atom stereocenters. The van der Waals surface area contributed by atoms with E-state index in [1.807, 2.05) is 0 Å². The maximum absolute atomic E-state index is 11.6. The Bertz CT molecular complexity index is 256. The summed E-state index contributed by atoms with van der Waals surface area (Å²) in [4.78, 5) is 22.3. The van der Waals surface area contributed by atoms with Crippen molar-refractivity contribution >= 4 is 11.8 Å². The van der Waals surface area contributed by atoms with Crippen LogP contribution in [0.15, 0.2) is 0 Å². The van der Waals surface area contributed by atoms with Gasteiger partial charge >= 0.3 is 0 Å². The molecule has 0 unspecified atom stereocenters. The Kier molecular flexibility index (Phi) is 4.77. The first-order chi connectivity index (χ1) is 7.57. The lowest BCUT2D eigenvalue weighted by Gasteiger charge is -2.29. The average Bonchev–Trinajstić information content (AvgIpc) is 2.43. The molecule has 1 rings (SSSR count). The van der Waals surface area contributed by atoms with Gasteiger partial charge in [-0.3, -0.25) is 9.59 Å². The van der Waals surface area contributed by atoms with E-state index in [1.165, 1.54) is 12.8 Å². The highest BCUT2D eigenvalue weighted by Crippen LogP contribution is 2.39. The van der Waals surface area contributed by atoms with Crippen molar-refractivity contribution in [2.45, 2.75) is 57.8 Å². The minimum atomic E-state index is -0.369. The van der Waals surface area contributed by atoms with E-state index < -0.39 is 0 Å². The minimum absolute atomic E-state index is 0.195. The molecule has 1 saturated carbocycles. The Morgan fingerprint density at radius 2 is 1.56 bits per heavy atom. The molecule has 4 nitrogen and oxygen atoms in total. The van der Waals surface area contributed by atoms with Crippen LogP contribution in [0.1, 0.15) is 57.8 Å². The molecule has 92 valence electrons. The van der Waals surface area contributed by atoms with E-state index in [0.29, 0.717) is 19.3 Å². The summed E-state index contributed by atoms with van der Waals surface area (Å²) in [6, 6.07) is 0. The van der Waals surface area contributed by atoms with Gasteiger partial charge in [0.15, 0.2) is 0 Å². The number of hydrogen-bond donors (Lipinski definition) is 2. The van der Waals surface area contributed by atoms with Crippen molar-refractivity contribution in [2.75, 3.05) is 0 Å². The molecule has 0 aromatic rings. The number of hydrogen-bond acceptors (Lipinski definition) is 2. The number of carbonyl (C=O) groups is 2. The highest BCUT2D eigenvalue weighted by molar-refractivity contribution is 5.81. The van der Waals surface area contributed by atoms with E-state index >= 15 is 0 Å². The second-order valence-corrected chi connectivity index (χ2v) is 4.88. The number of carbonyl (C=O) groups excluding carboxylic acids is 2. The van der Waals surface area contributed by atoms with Gasteiger partial charge in [0.25, 0.3) is 0 Å². The van der Waals surface area contributed by atoms with Crippen LogP contribution in [0, 0.1) is 5.41 Å². The molecular weight excluding hydrogens is 204 g/mol. The van der Waals surface area contributed by atoms with Gasteiger partial charge in [-0.2, -0.15) is 0 Å². The highest BCUT2D eigenvalue weighted by Gasteiger charge is 2.36. The van der Waals surface area contributed by atoms with Crippen LogP contribution in [0.4, 0.5) is 0 Å². The van der Waals surface area contributed by atoms with E-state index in [-0.39, 0.29) is 17.2 Å². The molecule has 0 heterocycles. The van der Waals surface area contributed by atoms with E-state index in [2.05, 4.69) is 0 Å². The molecule has 2 amide bonds. The van der Waals surface area contributed by atoms with Gasteiger partial charge in [0.1, 0.15) is 0 Å². The van der Waals surface area contributed by atoms with Crippen molar-refractivity contribution in [3.63, 3.8) is 0 Å². The lowest BCUT2D eigenvalue weighted by atomic mass is 9.75. The number of rotatable bonds is 5. The van der Waals surface area contributed by atoms with Crippen molar-refractivity contribution in [3.05, 3.63) is 0 Å². The Labute approximate surface area is 96.8 Å². The molecule has 0 radical (unpaired) electrons. The Morgan fingerprint density at radius 3 is 2.00 bits per heavy atom. The normalized spacial score (nSPS) is 20.0.